The van der Waals surface area contributed by atoms with Gasteiger partial charge in [0.1, 0.15) is 0 Å². The van der Waals surface area contributed by atoms with Gasteiger partial charge in [-0.1, -0.05) is 31.4 Å². The number of hydrogen-bond acceptors (Lipinski definition) is 2. The molecule has 16 heavy (non-hydrogen) atoms. The molecule has 0 saturated carbocycles. The average Bonchev–Trinajstić information content (AvgIpc) is 2.46. The first-order valence-corrected chi connectivity index (χ1v) is 9.49. The van der Waals surface area contributed by atoms with Crippen molar-refractivity contribution in [3.05, 3.63) is 11.8 Å². The van der Waals surface area contributed by atoms with Gasteiger partial charge >= 0.3 is 0 Å². The lowest BCUT2D eigenvalue weighted by molar-refractivity contribution is -0.138. The molecule has 0 radical (unpaired) electrons. The molecule has 1 fully saturated rings. The summed E-state index contributed by atoms with van der Waals surface area (Å²) in [6, 6.07) is 0. The second kappa shape index (κ2) is 5.43. The van der Waals surface area contributed by atoms with Gasteiger partial charge in [0.2, 0.25) is 11.8 Å². The van der Waals surface area contributed by atoms with E-state index < -0.39 is 8.07 Å². The quantitative estimate of drug-likeness (QED) is 0.419. The predicted molar refractivity (Wildman–Crippen MR) is 67.7 cm³/mol. The van der Waals surface area contributed by atoms with Crippen LogP contribution in [0.15, 0.2) is 11.8 Å². The van der Waals surface area contributed by atoms with Crippen molar-refractivity contribution in [1.29, 1.82) is 0 Å². The van der Waals surface area contributed by atoms with Crippen LogP contribution in [0, 0.1) is 0 Å². The molecule has 3 nitrogen and oxygen atoms in total. The molecule has 0 aromatic rings. The fourth-order valence-electron chi connectivity index (χ4n) is 1.68. The highest BCUT2D eigenvalue weighted by Gasteiger charge is 2.27. The first-order chi connectivity index (χ1) is 7.40. The van der Waals surface area contributed by atoms with Gasteiger partial charge in [-0.05, 0) is 12.8 Å². The molecule has 1 heterocycles. The molecule has 0 atom stereocenters. The number of carbonyl (C=O) groups excluding carboxylic acids is 2. The first-order valence-electron chi connectivity index (χ1n) is 5.91. The van der Waals surface area contributed by atoms with E-state index in [9.17, 15) is 9.59 Å². The lowest BCUT2D eigenvalue weighted by atomic mass is 10.3. The Labute approximate surface area is 98.5 Å². The number of amides is 2. The van der Waals surface area contributed by atoms with Crippen molar-refractivity contribution < 1.29 is 9.59 Å². The number of allylic oxidation sites excluding steroid dienone is 1. The summed E-state index contributed by atoms with van der Waals surface area (Å²) in [5, 5.41) is 0. The number of likely N-dealkylation sites (tertiary alicyclic amines) is 1. The van der Waals surface area contributed by atoms with E-state index in [1.54, 1.807) is 0 Å². The van der Waals surface area contributed by atoms with Crippen molar-refractivity contribution in [2.75, 3.05) is 6.54 Å². The van der Waals surface area contributed by atoms with Gasteiger partial charge in [0.05, 0.1) is 8.07 Å². The zero-order valence-corrected chi connectivity index (χ0v) is 11.5. The van der Waals surface area contributed by atoms with Gasteiger partial charge in [0, 0.05) is 19.4 Å². The predicted octanol–water partition coefficient (Wildman–Crippen LogP) is 2.35. The van der Waals surface area contributed by atoms with Crippen LogP contribution >= 0.6 is 0 Å². The fourth-order valence-corrected chi connectivity index (χ4v) is 2.55. The van der Waals surface area contributed by atoms with Gasteiger partial charge in [-0.2, -0.15) is 0 Å². The van der Waals surface area contributed by atoms with E-state index in [2.05, 4.69) is 31.4 Å². The minimum absolute atomic E-state index is 0.000763. The van der Waals surface area contributed by atoms with Gasteiger partial charge in [0.15, 0.2) is 0 Å². The Morgan fingerprint density at radius 2 is 1.75 bits per heavy atom. The third-order valence-corrected chi connectivity index (χ3v) is 3.76. The number of carbonyl (C=O) groups is 2. The second-order valence-electron chi connectivity index (χ2n) is 5.35. The maximum absolute atomic E-state index is 11.3. The molecule has 4 heteroatoms. The molecular weight excluding hydrogens is 218 g/mol. The summed E-state index contributed by atoms with van der Waals surface area (Å²) in [4.78, 5) is 24.0. The molecule has 0 spiro atoms. The Morgan fingerprint density at radius 1 is 1.19 bits per heavy atom. The monoisotopic (exact) mass is 239 g/mol. The minimum Gasteiger partial charge on any atom is -0.283 e. The van der Waals surface area contributed by atoms with Gasteiger partial charge in [-0.25, -0.2) is 0 Å². The molecule has 90 valence electrons. The second-order valence-corrected chi connectivity index (χ2v) is 10.4. The van der Waals surface area contributed by atoms with Crippen molar-refractivity contribution in [3.8, 4) is 0 Å². The van der Waals surface area contributed by atoms with Crippen molar-refractivity contribution in [1.82, 2.24) is 4.90 Å². The standard InChI is InChI=1S/C12H21NO2Si/c1-16(2,3)10-6-4-5-9-13-11(14)7-8-12(13)15/h6,10H,4-5,7-9H2,1-3H3. The number of nitrogens with zero attached hydrogens (tertiary/aromatic N) is 1. The normalized spacial score (nSPS) is 17.8. The van der Waals surface area contributed by atoms with Crippen molar-refractivity contribution in [2.24, 2.45) is 0 Å². The Kier molecular flexibility index (Phi) is 4.47. The molecular formula is C12H21NO2Si. The van der Waals surface area contributed by atoms with Crippen LogP contribution in [-0.2, 0) is 9.59 Å². The summed E-state index contributed by atoms with van der Waals surface area (Å²) in [6.07, 6.45) is 4.85. The largest absolute Gasteiger partial charge is 0.283 e. The Hall–Kier alpha value is -0.903. The molecule has 1 aliphatic rings. The summed E-state index contributed by atoms with van der Waals surface area (Å²) in [7, 11) is -1.09. The van der Waals surface area contributed by atoms with Crippen molar-refractivity contribution in [3.63, 3.8) is 0 Å². The molecule has 0 bridgehead atoms. The van der Waals surface area contributed by atoms with Crippen molar-refractivity contribution >= 4 is 19.9 Å². The summed E-state index contributed by atoms with van der Waals surface area (Å²) in [5.74, 6) is -0.00153. The molecule has 1 rings (SSSR count). The lowest BCUT2D eigenvalue weighted by Crippen LogP contribution is -2.29. The van der Waals surface area contributed by atoms with Crippen molar-refractivity contribution in [2.45, 2.75) is 45.3 Å². The van der Waals surface area contributed by atoms with E-state index in [0.29, 0.717) is 19.4 Å². The van der Waals surface area contributed by atoms with Crippen LogP contribution in [0.3, 0.4) is 0 Å². The average molecular weight is 239 g/mol. The van der Waals surface area contributed by atoms with Crippen LogP contribution in [0.2, 0.25) is 19.6 Å². The maximum Gasteiger partial charge on any atom is 0.229 e. The molecule has 0 aromatic heterocycles. The summed E-state index contributed by atoms with van der Waals surface area (Å²) >= 11 is 0. The van der Waals surface area contributed by atoms with E-state index in [0.717, 1.165) is 12.8 Å². The van der Waals surface area contributed by atoms with Gasteiger partial charge in [-0.15, -0.1) is 0 Å². The topological polar surface area (TPSA) is 37.4 Å². The Bertz CT molecular complexity index is 289. The highest BCUT2D eigenvalue weighted by atomic mass is 28.3. The molecule has 0 aliphatic carbocycles. The van der Waals surface area contributed by atoms with Gasteiger partial charge < -0.3 is 0 Å². The zero-order chi connectivity index (χ0) is 12.2. The minimum atomic E-state index is -1.09. The summed E-state index contributed by atoms with van der Waals surface area (Å²) in [6.45, 7) is 7.46. The van der Waals surface area contributed by atoms with Crippen LogP contribution in [0.1, 0.15) is 25.7 Å². The third-order valence-electron chi connectivity index (χ3n) is 2.53. The van der Waals surface area contributed by atoms with E-state index in [1.807, 2.05) is 0 Å². The molecule has 1 aliphatic heterocycles. The zero-order valence-electron chi connectivity index (χ0n) is 10.5. The van der Waals surface area contributed by atoms with Gasteiger partial charge in [0.25, 0.3) is 0 Å². The molecule has 0 aromatic carbocycles. The molecule has 0 unspecified atom stereocenters. The Morgan fingerprint density at radius 3 is 2.25 bits per heavy atom. The van der Waals surface area contributed by atoms with Gasteiger partial charge in [-0.3, -0.25) is 14.5 Å². The van der Waals surface area contributed by atoms with E-state index >= 15 is 0 Å². The third kappa shape index (κ3) is 4.31. The highest BCUT2D eigenvalue weighted by molar-refractivity contribution is 6.80. The van der Waals surface area contributed by atoms with E-state index in [-0.39, 0.29) is 11.8 Å². The maximum atomic E-state index is 11.3. The van der Waals surface area contributed by atoms with E-state index in [1.165, 1.54) is 4.90 Å². The van der Waals surface area contributed by atoms with E-state index in [4.69, 9.17) is 0 Å². The van der Waals surface area contributed by atoms with Crippen LogP contribution in [0.5, 0.6) is 0 Å². The lowest BCUT2D eigenvalue weighted by Gasteiger charge is -2.12. The summed E-state index contributed by atoms with van der Waals surface area (Å²) in [5.41, 5.74) is 2.31. The number of hydrogen-bond donors (Lipinski definition) is 0. The number of rotatable bonds is 5. The number of unbranched alkanes of at least 4 members (excludes halogenated alkanes) is 1. The van der Waals surface area contributed by atoms with Crippen LogP contribution < -0.4 is 0 Å². The fraction of sp³-hybridized carbons (Fsp3) is 0.667. The number of imide groups is 1. The molecule has 2 amide bonds. The highest BCUT2D eigenvalue weighted by Crippen LogP contribution is 2.12. The van der Waals surface area contributed by atoms with Crippen LogP contribution in [0.25, 0.3) is 0 Å². The summed E-state index contributed by atoms with van der Waals surface area (Å²) < 4.78 is 0. The molecule has 1 saturated heterocycles. The molecule has 0 N–H and O–H groups in total. The SMILES string of the molecule is C[Si](C)(C)C=CCCCN1C(=O)CCC1=O. The van der Waals surface area contributed by atoms with Crippen LogP contribution in [-0.4, -0.2) is 31.3 Å². The smallest absolute Gasteiger partial charge is 0.229 e. The Balaban J connectivity index is 2.23. The first kappa shape index (κ1) is 13.2. The van der Waals surface area contributed by atoms with Crippen LogP contribution in [0.4, 0.5) is 0 Å².